The number of hydrogen-bond acceptors (Lipinski definition) is 2. The fourth-order valence-electron chi connectivity index (χ4n) is 5.01. The summed E-state index contributed by atoms with van der Waals surface area (Å²) in [4.78, 5) is 0. The van der Waals surface area contributed by atoms with Crippen molar-refractivity contribution in [3.63, 3.8) is 0 Å². The van der Waals surface area contributed by atoms with Crippen molar-refractivity contribution < 1.29 is 9.16 Å². The summed E-state index contributed by atoms with van der Waals surface area (Å²) in [7, 11) is -3.87. The topological polar surface area (TPSA) is 18.5 Å². The first-order chi connectivity index (χ1) is 14.8. The molecule has 0 bridgehead atoms. The van der Waals surface area contributed by atoms with E-state index in [1.165, 1.54) is 10.4 Å². The Morgan fingerprint density at radius 3 is 1.66 bits per heavy atom. The Balaban J connectivity index is 1.83. The van der Waals surface area contributed by atoms with Gasteiger partial charge in [0.15, 0.2) is 8.32 Å². The van der Waals surface area contributed by atoms with Gasteiger partial charge < -0.3 is 9.16 Å². The van der Waals surface area contributed by atoms with Crippen LogP contribution >= 0.6 is 0 Å². The zero-order chi connectivity index (χ0) is 23.8. The summed E-state index contributed by atoms with van der Waals surface area (Å²) in [5.41, 5.74) is 0. The van der Waals surface area contributed by atoms with Gasteiger partial charge in [0.2, 0.25) is 0 Å². The van der Waals surface area contributed by atoms with Crippen LogP contribution in [0.3, 0.4) is 0 Å². The Kier molecular flexibility index (Phi) is 7.31. The number of benzene rings is 2. The smallest absolute Gasteiger partial charge is 0.192 e. The molecule has 0 unspecified atom stereocenters. The molecule has 1 saturated heterocycles. The van der Waals surface area contributed by atoms with Gasteiger partial charge in [-0.2, -0.15) is 0 Å². The minimum Gasteiger partial charge on any atom is -0.412 e. The molecular formula is C28H44O2Si2. The van der Waals surface area contributed by atoms with Crippen LogP contribution in [0.25, 0.3) is 0 Å². The molecule has 0 aliphatic carbocycles. The van der Waals surface area contributed by atoms with Gasteiger partial charge in [0, 0.05) is 6.42 Å². The molecule has 2 nitrogen and oxygen atoms in total. The molecule has 2 aromatic carbocycles. The fourth-order valence-corrected chi connectivity index (χ4v) is 12.1. The van der Waals surface area contributed by atoms with Gasteiger partial charge in [-0.3, -0.25) is 0 Å². The Bertz CT molecular complexity index is 820. The lowest BCUT2D eigenvalue weighted by atomic mass is 10.0. The van der Waals surface area contributed by atoms with Crippen molar-refractivity contribution in [2.75, 3.05) is 0 Å². The van der Waals surface area contributed by atoms with Crippen LogP contribution in [0.5, 0.6) is 0 Å². The molecule has 3 atom stereocenters. The molecule has 0 N–H and O–H groups in total. The van der Waals surface area contributed by atoms with E-state index in [4.69, 9.17) is 9.16 Å². The molecule has 0 aromatic heterocycles. The zero-order valence-electron chi connectivity index (χ0n) is 21.7. The first-order valence-corrected chi connectivity index (χ1v) is 17.3. The summed E-state index contributed by atoms with van der Waals surface area (Å²) in [6, 6.07) is 23.6. The van der Waals surface area contributed by atoms with Crippen LogP contribution in [0.1, 0.15) is 54.9 Å². The van der Waals surface area contributed by atoms with E-state index in [0.29, 0.717) is 6.10 Å². The van der Waals surface area contributed by atoms with E-state index >= 15 is 0 Å². The Labute approximate surface area is 198 Å². The minimum atomic E-state index is -2.08. The van der Waals surface area contributed by atoms with Gasteiger partial charge in [0.1, 0.15) is 8.07 Å². The standard InChI is InChI=1S/C28H44O2Si2/c1-22(30-31(8,9)27(2,3)4)26-20-23(29-26)21-32(28(5,6)7,24-16-12-10-13-17-24)25-18-14-11-15-19-25/h10-19,22-23,26H,20-21H2,1-9H3/t22-,23+,26-/m1/s1. The van der Waals surface area contributed by atoms with Crippen molar-refractivity contribution in [1.29, 1.82) is 0 Å². The summed E-state index contributed by atoms with van der Waals surface area (Å²) in [5, 5.41) is 3.42. The molecule has 0 spiro atoms. The third-order valence-electron chi connectivity index (χ3n) is 8.02. The monoisotopic (exact) mass is 468 g/mol. The molecule has 176 valence electrons. The molecule has 0 saturated carbocycles. The molecule has 2 aromatic rings. The second-order valence-corrected chi connectivity index (χ2v) is 21.8. The highest BCUT2D eigenvalue weighted by atomic mass is 28.4. The molecule has 0 radical (unpaired) electrons. The molecule has 1 aliphatic heterocycles. The Morgan fingerprint density at radius 1 is 0.844 bits per heavy atom. The first-order valence-electron chi connectivity index (χ1n) is 12.2. The van der Waals surface area contributed by atoms with Crippen molar-refractivity contribution in [3.05, 3.63) is 60.7 Å². The fraction of sp³-hybridized carbons (Fsp3) is 0.571. The normalized spacial score (nSPS) is 21.2. The van der Waals surface area contributed by atoms with Gasteiger partial charge in [-0.25, -0.2) is 0 Å². The highest BCUT2D eigenvalue weighted by Gasteiger charge is 2.52. The van der Waals surface area contributed by atoms with Gasteiger partial charge in [0.25, 0.3) is 0 Å². The molecule has 0 amide bonds. The average Bonchev–Trinajstić information content (AvgIpc) is 2.66. The van der Waals surface area contributed by atoms with Gasteiger partial charge in [0.05, 0.1) is 18.3 Å². The lowest BCUT2D eigenvalue weighted by molar-refractivity contribution is -0.155. The lowest BCUT2D eigenvalue weighted by Crippen LogP contribution is -2.67. The van der Waals surface area contributed by atoms with Crippen molar-refractivity contribution in [2.45, 2.75) is 102 Å². The molecule has 1 aliphatic rings. The number of rotatable bonds is 7. The molecular weight excluding hydrogens is 424 g/mol. The van der Waals surface area contributed by atoms with Crippen LogP contribution < -0.4 is 10.4 Å². The summed E-state index contributed by atoms with van der Waals surface area (Å²) < 4.78 is 13.2. The Morgan fingerprint density at radius 2 is 1.28 bits per heavy atom. The third-order valence-corrected chi connectivity index (χ3v) is 18.9. The van der Waals surface area contributed by atoms with Crippen LogP contribution in [0.2, 0.25) is 29.2 Å². The molecule has 1 heterocycles. The van der Waals surface area contributed by atoms with E-state index in [9.17, 15) is 0 Å². The summed E-state index contributed by atoms with van der Waals surface area (Å²) >= 11 is 0. The van der Waals surface area contributed by atoms with E-state index in [-0.39, 0.29) is 22.3 Å². The maximum Gasteiger partial charge on any atom is 0.192 e. The predicted octanol–water partition coefficient (Wildman–Crippen LogP) is 6.62. The first kappa shape index (κ1) is 25.4. The van der Waals surface area contributed by atoms with E-state index in [2.05, 4.69) is 122 Å². The average molecular weight is 469 g/mol. The SMILES string of the molecule is C[C@@H](O[Si](C)(C)C(C)(C)C)[C@H]1C[C@@H](C[Si](c2ccccc2)(c2ccccc2)C(C)(C)C)O1. The van der Waals surface area contributed by atoms with E-state index < -0.39 is 16.4 Å². The van der Waals surface area contributed by atoms with E-state index in [1.54, 1.807) is 0 Å². The van der Waals surface area contributed by atoms with E-state index in [1.807, 2.05) is 0 Å². The minimum absolute atomic E-state index is 0.159. The molecule has 32 heavy (non-hydrogen) atoms. The summed E-state index contributed by atoms with van der Waals surface area (Å²) in [5.74, 6) is 0. The second kappa shape index (κ2) is 9.21. The van der Waals surface area contributed by atoms with Crippen LogP contribution in [0.15, 0.2) is 60.7 Å². The summed E-state index contributed by atoms with van der Waals surface area (Å²) in [6.07, 6.45) is 1.77. The highest BCUT2D eigenvalue weighted by Crippen LogP contribution is 2.44. The van der Waals surface area contributed by atoms with Gasteiger partial charge >= 0.3 is 0 Å². The van der Waals surface area contributed by atoms with E-state index in [0.717, 1.165) is 12.5 Å². The zero-order valence-corrected chi connectivity index (χ0v) is 23.7. The lowest BCUT2D eigenvalue weighted by Gasteiger charge is -2.50. The van der Waals surface area contributed by atoms with Gasteiger partial charge in [-0.15, -0.1) is 0 Å². The quantitative estimate of drug-likeness (QED) is 0.425. The predicted molar refractivity (Wildman–Crippen MR) is 143 cm³/mol. The van der Waals surface area contributed by atoms with Crippen LogP contribution in [0, 0.1) is 0 Å². The van der Waals surface area contributed by atoms with Crippen LogP contribution in [0.4, 0.5) is 0 Å². The summed E-state index contributed by atoms with van der Waals surface area (Å²) in [6.45, 7) is 21.1. The maximum atomic E-state index is 6.65. The molecule has 4 heteroatoms. The van der Waals surface area contributed by atoms with Crippen LogP contribution in [-0.2, 0) is 9.16 Å². The van der Waals surface area contributed by atoms with Crippen molar-refractivity contribution in [3.8, 4) is 0 Å². The van der Waals surface area contributed by atoms with Gasteiger partial charge in [-0.1, -0.05) is 113 Å². The largest absolute Gasteiger partial charge is 0.412 e. The van der Waals surface area contributed by atoms with Crippen LogP contribution in [-0.4, -0.2) is 34.7 Å². The maximum absolute atomic E-state index is 6.65. The van der Waals surface area contributed by atoms with Crippen molar-refractivity contribution in [1.82, 2.24) is 0 Å². The number of hydrogen-bond donors (Lipinski definition) is 0. The van der Waals surface area contributed by atoms with Crippen molar-refractivity contribution >= 4 is 26.8 Å². The van der Waals surface area contributed by atoms with Crippen molar-refractivity contribution in [2.24, 2.45) is 0 Å². The molecule has 3 rings (SSSR count). The van der Waals surface area contributed by atoms with Gasteiger partial charge in [-0.05, 0) is 36.1 Å². The Hall–Kier alpha value is -1.21. The highest BCUT2D eigenvalue weighted by molar-refractivity contribution is 7.04. The number of ether oxygens (including phenoxy) is 1. The third kappa shape index (κ3) is 4.99. The second-order valence-electron chi connectivity index (χ2n) is 12.2. The molecule has 1 fully saturated rings.